The summed E-state index contributed by atoms with van der Waals surface area (Å²) in [6.07, 6.45) is -1.48. The van der Waals surface area contributed by atoms with E-state index in [4.69, 9.17) is 0 Å². The third-order valence-electron chi connectivity index (χ3n) is 5.82. The van der Waals surface area contributed by atoms with Gasteiger partial charge in [-0.3, -0.25) is 4.79 Å². The minimum absolute atomic E-state index is 0.0207. The van der Waals surface area contributed by atoms with Crippen molar-refractivity contribution in [1.82, 2.24) is 4.90 Å². The number of amides is 1. The summed E-state index contributed by atoms with van der Waals surface area (Å²) in [5.41, 5.74) is -1.01. The monoisotopic (exact) mass is 341 g/mol. The first-order valence-electron chi connectivity index (χ1n) is 8.39. The number of rotatable bonds is 4. The molecule has 0 aliphatic carbocycles. The van der Waals surface area contributed by atoms with E-state index in [1.54, 1.807) is 4.90 Å². The van der Waals surface area contributed by atoms with Gasteiger partial charge >= 0.3 is 6.18 Å². The van der Waals surface area contributed by atoms with E-state index < -0.39 is 11.7 Å². The van der Waals surface area contributed by atoms with E-state index in [1.807, 2.05) is 6.92 Å². The normalized spacial score (nSPS) is 29.3. The van der Waals surface area contributed by atoms with Crippen LogP contribution in [0.5, 0.6) is 0 Å². The second-order valence-corrected chi connectivity index (χ2v) is 6.96. The zero-order valence-electron chi connectivity index (χ0n) is 13.6. The third-order valence-corrected chi connectivity index (χ3v) is 5.82. The number of alkyl halides is 3. The van der Waals surface area contributed by atoms with Gasteiger partial charge in [-0.05, 0) is 37.3 Å². The molecule has 3 nitrogen and oxygen atoms in total. The Kier molecular flexibility index (Phi) is 4.36. The van der Waals surface area contributed by atoms with Crippen molar-refractivity contribution < 1.29 is 23.1 Å². The van der Waals surface area contributed by atoms with Crippen LogP contribution in [0.2, 0.25) is 0 Å². The summed E-state index contributed by atoms with van der Waals surface area (Å²) in [6, 6.07) is 5.25. The number of nitrogens with zero attached hydrogens (tertiary/aromatic N) is 1. The molecule has 0 radical (unpaired) electrons. The minimum atomic E-state index is -4.46. The highest BCUT2D eigenvalue weighted by molar-refractivity contribution is 5.80. The van der Waals surface area contributed by atoms with Crippen LogP contribution in [0.1, 0.15) is 43.7 Å². The van der Waals surface area contributed by atoms with Crippen LogP contribution < -0.4 is 0 Å². The molecule has 1 aromatic carbocycles. The van der Waals surface area contributed by atoms with Gasteiger partial charge in [0.1, 0.15) is 0 Å². The standard InChI is InChI=1S/C18H22F3NO2/c1-2-17(11-23)10-13-7-8-15(17)22(13)16(24)9-12-5-3-4-6-14(12)18(19,20)21/h3-6,13,15,23H,2,7-11H2,1H3/t13-,15+,17-/m0/s1. The smallest absolute Gasteiger partial charge is 0.396 e. The number of carbonyl (C=O) groups excluding carboxylic acids is 1. The fourth-order valence-corrected chi connectivity index (χ4v) is 4.53. The van der Waals surface area contributed by atoms with Crippen molar-refractivity contribution in [3.05, 3.63) is 35.4 Å². The lowest BCUT2D eigenvalue weighted by molar-refractivity contribution is -0.139. The molecule has 2 aliphatic heterocycles. The Balaban J connectivity index is 1.83. The molecule has 2 fully saturated rings. The molecule has 0 spiro atoms. The van der Waals surface area contributed by atoms with Gasteiger partial charge in [-0.15, -0.1) is 0 Å². The molecule has 1 amide bonds. The number of halogens is 3. The van der Waals surface area contributed by atoms with Crippen LogP contribution in [-0.2, 0) is 17.4 Å². The van der Waals surface area contributed by atoms with Gasteiger partial charge in [-0.2, -0.15) is 13.2 Å². The van der Waals surface area contributed by atoms with Crippen LogP contribution in [-0.4, -0.2) is 34.6 Å². The first kappa shape index (κ1) is 17.3. The van der Waals surface area contributed by atoms with E-state index in [-0.39, 0.29) is 42.0 Å². The highest BCUT2D eigenvalue weighted by Gasteiger charge is 2.56. The van der Waals surface area contributed by atoms with Crippen molar-refractivity contribution in [1.29, 1.82) is 0 Å². The molecule has 2 aliphatic rings. The fraction of sp³-hybridized carbons (Fsp3) is 0.611. The van der Waals surface area contributed by atoms with E-state index in [2.05, 4.69) is 0 Å². The van der Waals surface area contributed by atoms with Crippen molar-refractivity contribution >= 4 is 5.91 Å². The molecule has 0 aromatic heterocycles. The summed E-state index contributed by atoms with van der Waals surface area (Å²) < 4.78 is 39.3. The first-order chi connectivity index (χ1) is 11.3. The molecule has 0 saturated carbocycles. The maximum Gasteiger partial charge on any atom is 0.416 e. The summed E-state index contributed by atoms with van der Waals surface area (Å²) in [4.78, 5) is 14.5. The predicted octanol–water partition coefficient (Wildman–Crippen LogP) is 3.40. The number of aliphatic hydroxyl groups excluding tert-OH is 1. The maximum absolute atomic E-state index is 13.1. The highest BCUT2D eigenvalue weighted by atomic mass is 19.4. The van der Waals surface area contributed by atoms with Crippen LogP contribution >= 0.6 is 0 Å². The largest absolute Gasteiger partial charge is 0.416 e. The van der Waals surface area contributed by atoms with Gasteiger partial charge in [-0.25, -0.2) is 0 Å². The quantitative estimate of drug-likeness (QED) is 0.912. The topological polar surface area (TPSA) is 40.5 Å². The lowest BCUT2D eigenvalue weighted by atomic mass is 9.72. The third kappa shape index (κ3) is 2.70. The van der Waals surface area contributed by atoms with Crippen LogP contribution in [0.25, 0.3) is 0 Å². The summed E-state index contributed by atoms with van der Waals surface area (Å²) in [5.74, 6) is -0.261. The van der Waals surface area contributed by atoms with Crippen LogP contribution in [0.4, 0.5) is 13.2 Å². The molecular formula is C18H22F3NO2. The van der Waals surface area contributed by atoms with Crippen molar-refractivity contribution in [3.8, 4) is 0 Å². The van der Waals surface area contributed by atoms with Crippen LogP contribution in [0.3, 0.4) is 0 Å². The van der Waals surface area contributed by atoms with Crippen molar-refractivity contribution in [2.75, 3.05) is 6.61 Å². The van der Waals surface area contributed by atoms with E-state index >= 15 is 0 Å². The SMILES string of the molecule is CC[C@@]1(CO)C[C@@H]2CC[C@H]1N2C(=O)Cc1ccccc1C(F)(F)F. The predicted molar refractivity (Wildman–Crippen MR) is 83.2 cm³/mol. The van der Waals surface area contributed by atoms with Crippen LogP contribution in [0.15, 0.2) is 24.3 Å². The molecule has 2 heterocycles. The summed E-state index contributed by atoms with van der Waals surface area (Å²) in [6.45, 7) is 2.02. The Morgan fingerprint density at radius 3 is 2.62 bits per heavy atom. The number of aliphatic hydroxyl groups is 1. The Morgan fingerprint density at radius 1 is 1.33 bits per heavy atom. The number of benzene rings is 1. The molecule has 2 saturated heterocycles. The van der Waals surface area contributed by atoms with Gasteiger partial charge in [0.15, 0.2) is 0 Å². The average molecular weight is 341 g/mol. The number of hydrogen-bond acceptors (Lipinski definition) is 2. The van der Waals surface area contributed by atoms with Gasteiger partial charge in [-0.1, -0.05) is 25.1 Å². The van der Waals surface area contributed by atoms with Crippen molar-refractivity contribution in [2.45, 2.75) is 57.3 Å². The van der Waals surface area contributed by atoms with Crippen LogP contribution in [0, 0.1) is 5.41 Å². The number of fused-ring (bicyclic) bond motifs is 2. The second-order valence-electron chi connectivity index (χ2n) is 6.96. The highest BCUT2D eigenvalue weighted by Crippen LogP contribution is 2.51. The summed E-state index contributed by atoms with van der Waals surface area (Å²) in [7, 11) is 0. The van der Waals surface area contributed by atoms with Gasteiger partial charge in [0.05, 0.1) is 18.6 Å². The molecule has 132 valence electrons. The molecule has 1 aromatic rings. The number of hydrogen-bond donors (Lipinski definition) is 1. The van der Waals surface area contributed by atoms with Crippen molar-refractivity contribution in [2.24, 2.45) is 5.41 Å². The van der Waals surface area contributed by atoms with E-state index in [1.165, 1.54) is 18.2 Å². The molecule has 2 bridgehead atoms. The zero-order chi connectivity index (χ0) is 17.5. The van der Waals surface area contributed by atoms with E-state index in [0.29, 0.717) is 0 Å². The fourth-order valence-electron chi connectivity index (χ4n) is 4.53. The van der Waals surface area contributed by atoms with Gasteiger partial charge in [0.2, 0.25) is 5.91 Å². The Labute approximate surface area is 139 Å². The van der Waals surface area contributed by atoms with Gasteiger partial charge in [0.25, 0.3) is 0 Å². The average Bonchev–Trinajstić information content (AvgIpc) is 3.10. The van der Waals surface area contributed by atoms with Gasteiger partial charge in [0, 0.05) is 17.5 Å². The molecular weight excluding hydrogens is 319 g/mol. The molecule has 0 unspecified atom stereocenters. The molecule has 3 atom stereocenters. The summed E-state index contributed by atoms with van der Waals surface area (Å²) >= 11 is 0. The first-order valence-corrected chi connectivity index (χ1v) is 8.39. The van der Waals surface area contributed by atoms with Crippen molar-refractivity contribution in [3.63, 3.8) is 0 Å². The molecule has 24 heavy (non-hydrogen) atoms. The second kappa shape index (κ2) is 6.06. The summed E-state index contributed by atoms with van der Waals surface area (Å²) in [5, 5.41) is 9.79. The lowest BCUT2D eigenvalue weighted by Crippen LogP contribution is -2.43. The molecule has 3 rings (SSSR count). The molecule has 1 N–H and O–H groups in total. The maximum atomic E-state index is 13.1. The Hall–Kier alpha value is -1.56. The number of carbonyl (C=O) groups is 1. The van der Waals surface area contributed by atoms with Gasteiger partial charge < -0.3 is 10.0 Å². The minimum Gasteiger partial charge on any atom is -0.396 e. The zero-order valence-corrected chi connectivity index (χ0v) is 13.6. The Morgan fingerprint density at radius 2 is 2.04 bits per heavy atom. The van der Waals surface area contributed by atoms with E-state index in [9.17, 15) is 23.1 Å². The molecule has 6 heteroatoms. The lowest BCUT2D eigenvalue weighted by Gasteiger charge is -2.34. The Bertz CT molecular complexity index is 625. The van der Waals surface area contributed by atoms with E-state index in [0.717, 1.165) is 31.7 Å².